The molecule has 6 heteroatoms. The number of anilines is 3. The van der Waals surface area contributed by atoms with Crippen LogP contribution in [0.15, 0.2) is 90.0 Å². The molecule has 6 nitrogen and oxygen atoms in total. The summed E-state index contributed by atoms with van der Waals surface area (Å²) in [7, 11) is 1.41. The first-order chi connectivity index (χ1) is 17.2. The number of carbonyl (C=O) groups is 2. The predicted molar refractivity (Wildman–Crippen MR) is 141 cm³/mol. The van der Waals surface area contributed by atoms with Gasteiger partial charge >= 0.3 is 5.97 Å². The molecule has 0 saturated carbocycles. The average molecular weight is 472 g/mol. The molecule has 0 aliphatic carbocycles. The molecule has 0 aromatic heterocycles. The Kier molecular flexibility index (Phi) is 10.5. The molecule has 182 valence electrons. The molecule has 0 radical (unpaired) electrons. The van der Waals surface area contributed by atoms with Crippen LogP contribution in [0.1, 0.15) is 50.5 Å². The maximum Gasteiger partial charge on any atom is 0.305 e. The Morgan fingerprint density at radius 3 is 1.83 bits per heavy atom. The van der Waals surface area contributed by atoms with Crippen LogP contribution in [-0.4, -0.2) is 25.2 Å². The van der Waals surface area contributed by atoms with Crippen LogP contribution in [0, 0.1) is 0 Å². The van der Waals surface area contributed by atoms with Gasteiger partial charge < -0.3 is 9.64 Å². The lowest BCUT2D eigenvalue weighted by Gasteiger charge is -2.25. The molecule has 1 amide bonds. The number of hydrogen-bond donors (Lipinski definition) is 1. The molecule has 0 aliphatic heterocycles. The summed E-state index contributed by atoms with van der Waals surface area (Å²) < 4.78 is 4.62. The van der Waals surface area contributed by atoms with Gasteiger partial charge in [-0.2, -0.15) is 5.10 Å². The Morgan fingerprint density at radius 2 is 1.26 bits per heavy atom. The van der Waals surface area contributed by atoms with Crippen molar-refractivity contribution in [2.45, 2.75) is 44.9 Å². The van der Waals surface area contributed by atoms with E-state index in [-0.39, 0.29) is 11.9 Å². The summed E-state index contributed by atoms with van der Waals surface area (Å²) in [5, 5.41) is 4.10. The highest BCUT2D eigenvalue weighted by atomic mass is 16.5. The molecule has 0 saturated heterocycles. The summed E-state index contributed by atoms with van der Waals surface area (Å²) in [6.07, 6.45) is 7.13. The molecule has 3 aromatic rings. The van der Waals surface area contributed by atoms with E-state index in [9.17, 15) is 9.59 Å². The molecule has 3 aromatic carbocycles. The molecule has 0 fully saturated rings. The maximum absolute atomic E-state index is 12.0. The quantitative estimate of drug-likeness (QED) is 0.133. The van der Waals surface area contributed by atoms with Crippen LogP contribution in [0.3, 0.4) is 0 Å². The fourth-order valence-electron chi connectivity index (χ4n) is 3.73. The van der Waals surface area contributed by atoms with Gasteiger partial charge in [-0.3, -0.25) is 9.59 Å². The van der Waals surface area contributed by atoms with Gasteiger partial charge in [0.05, 0.1) is 13.3 Å². The first-order valence-electron chi connectivity index (χ1n) is 12.1. The fraction of sp³-hybridized carbons (Fsp3) is 0.276. The van der Waals surface area contributed by atoms with Crippen LogP contribution >= 0.6 is 0 Å². The number of nitrogens with zero attached hydrogens (tertiary/aromatic N) is 2. The lowest BCUT2D eigenvalue weighted by atomic mass is 10.1. The second-order valence-electron chi connectivity index (χ2n) is 8.24. The van der Waals surface area contributed by atoms with Crippen molar-refractivity contribution in [3.8, 4) is 0 Å². The van der Waals surface area contributed by atoms with E-state index in [0.717, 1.165) is 54.7 Å². The second kappa shape index (κ2) is 14.4. The van der Waals surface area contributed by atoms with Crippen LogP contribution in [0.4, 0.5) is 17.1 Å². The Bertz CT molecular complexity index is 1030. The highest BCUT2D eigenvalue weighted by molar-refractivity contribution is 5.84. The second-order valence-corrected chi connectivity index (χ2v) is 8.24. The first kappa shape index (κ1) is 25.7. The average Bonchev–Trinajstić information content (AvgIpc) is 2.90. The van der Waals surface area contributed by atoms with Crippen molar-refractivity contribution in [1.82, 2.24) is 5.43 Å². The van der Waals surface area contributed by atoms with Gasteiger partial charge in [0.15, 0.2) is 0 Å². The van der Waals surface area contributed by atoms with Crippen LogP contribution in [0.2, 0.25) is 0 Å². The molecule has 0 spiro atoms. The minimum atomic E-state index is -0.165. The molecule has 3 rings (SSSR count). The van der Waals surface area contributed by atoms with Gasteiger partial charge in [-0.25, -0.2) is 5.43 Å². The fourth-order valence-corrected chi connectivity index (χ4v) is 3.73. The summed E-state index contributed by atoms with van der Waals surface area (Å²) in [5.41, 5.74) is 6.70. The summed E-state index contributed by atoms with van der Waals surface area (Å²) in [6.45, 7) is 0. The van der Waals surface area contributed by atoms with E-state index in [1.807, 2.05) is 60.7 Å². The number of benzene rings is 3. The van der Waals surface area contributed by atoms with E-state index >= 15 is 0 Å². The van der Waals surface area contributed by atoms with Crippen molar-refractivity contribution < 1.29 is 14.3 Å². The highest BCUT2D eigenvalue weighted by Crippen LogP contribution is 2.33. The number of esters is 1. The van der Waals surface area contributed by atoms with Crippen molar-refractivity contribution in [1.29, 1.82) is 0 Å². The van der Waals surface area contributed by atoms with Gasteiger partial charge in [0.2, 0.25) is 5.91 Å². The maximum atomic E-state index is 12.0. The van der Waals surface area contributed by atoms with Crippen molar-refractivity contribution >= 4 is 35.2 Å². The highest BCUT2D eigenvalue weighted by Gasteiger charge is 2.11. The number of para-hydroxylation sites is 2. The van der Waals surface area contributed by atoms with Crippen LogP contribution in [0.25, 0.3) is 0 Å². The number of methoxy groups -OCH3 is 1. The Balaban J connectivity index is 1.46. The van der Waals surface area contributed by atoms with Gasteiger partial charge in [0.25, 0.3) is 0 Å². The zero-order valence-electron chi connectivity index (χ0n) is 20.2. The summed E-state index contributed by atoms with van der Waals surface area (Å²) in [6, 6.07) is 28.5. The number of carbonyl (C=O) groups excluding carboxylic acids is 2. The number of hydrazone groups is 1. The zero-order valence-corrected chi connectivity index (χ0v) is 20.2. The zero-order chi connectivity index (χ0) is 24.7. The summed E-state index contributed by atoms with van der Waals surface area (Å²) >= 11 is 0. The molecule has 0 atom stereocenters. The Labute approximate surface area is 207 Å². The van der Waals surface area contributed by atoms with Crippen LogP contribution < -0.4 is 10.3 Å². The molecule has 35 heavy (non-hydrogen) atoms. The largest absolute Gasteiger partial charge is 0.469 e. The number of rotatable bonds is 13. The number of ether oxygens (including phenoxy) is 1. The molecule has 0 unspecified atom stereocenters. The summed E-state index contributed by atoms with van der Waals surface area (Å²) in [4.78, 5) is 25.3. The van der Waals surface area contributed by atoms with E-state index in [4.69, 9.17) is 0 Å². The van der Waals surface area contributed by atoms with Crippen molar-refractivity contribution in [2.24, 2.45) is 5.10 Å². The van der Waals surface area contributed by atoms with Crippen molar-refractivity contribution in [3.05, 3.63) is 90.5 Å². The minimum Gasteiger partial charge on any atom is -0.469 e. The monoisotopic (exact) mass is 471 g/mol. The van der Waals surface area contributed by atoms with Crippen molar-refractivity contribution in [3.63, 3.8) is 0 Å². The number of unbranched alkanes of at least 4 members (excludes halogenated alkanes) is 4. The Hall–Kier alpha value is -3.93. The molecule has 0 bridgehead atoms. The van der Waals surface area contributed by atoms with E-state index in [0.29, 0.717) is 12.8 Å². The minimum absolute atomic E-state index is 0.0910. The van der Waals surface area contributed by atoms with Crippen LogP contribution in [-0.2, 0) is 14.3 Å². The van der Waals surface area contributed by atoms with E-state index in [2.05, 4.69) is 44.4 Å². The van der Waals surface area contributed by atoms with Gasteiger partial charge in [0, 0.05) is 29.9 Å². The number of amides is 1. The molecular formula is C29H33N3O3. The van der Waals surface area contributed by atoms with E-state index < -0.39 is 0 Å². The third-order valence-electron chi connectivity index (χ3n) is 5.60. The predicted octanol–water partition coefficient (Wildman–Crippen LogP) is 6.51. The van der Waals surface area contributed by atoms with E-state index in [1.54, 1.807) is 6.21 Å². The third kappa shape index (κ3) is 8.74. The smallest absolute Gasteiger partial charge is 0.305 e. The molecule has 0 aliphatic rings. The van der Waals surface area contributed by atoms with E-state index in [1.165, 1.54) is 7.11 Å². The van der Waals surface area contributed by atoms with Crippen LogP contribution in [0.5, 0.6) is 0 Å². The number of nitrogens with one attached hydrogen (secondary N) is 1. The van der Waals surface area contributed by atoms with Gasteiger partial charge in [-0.05, 0) is 54.8 Å². The number of hydrogen-bond acceptors (Lipinski definition) is 5. The molecule has 0 heterocycles. The van der Waals surface area contributed by atoms with Gasteiger partial charge in [-0.1, -0.05) is 67.8 Å². The van der Waals surface area contributed by atoms with Crippen molar-refractivity contribution in [2.75, 3.05) is 12.0 Å². The molecule has 1 N–H and O–H groups in total. The summed E-state index contributed by atoms with van der Waals surface area (Å²) in [5.74, 6) is -0.256. The standard InChI is InChI=1S/C29H33N3O3/c1-35-29(34)18-12-4-2-3-11-17-28(33)31-30-23-24-19-21-27(22-20-24)32(25-13-7-5-8-14-25)26-15-9-6-10-16-26/h5-10,13-16,19-23H,2-4,11-12,17-18H2,1H3,(H,31,33)/b30-23+. The molecular weight excluding hydrogens is 438 g/mol. The lowest BCUT2D eigenvalue weighted by Crippen LogP contribution is -2.16. The first-order valence-corrected chi connectivity index (χ1v) is 12.1. The third-order valence-corrected chi connectivity index (χ3v) is 5.60. The SMILES string of the molecule is COC(=O)CCCCCCCC(=O)N/N=C/c1ccc(N(c2ccccc2)c2ccccc2)cc1. The Morgan fingerprint density at radius 1 is 0.743 bits per heavy atom. The van der Waals surface area contributed by atoms with Gasteiger partial charge in [-0.15, -0.1) is 0 Å². The van der Waals surface area contributed by atoms with Gasteiger partial charge in [0.1, 0.15) is 0 Å². The topological polar surface area (TPSA) is 71.0 Å². The normalized spacial score (nSPS) is 10.8. The lowest BCUT2D eigenvalue weighted by molar-refractivity contribution is -0.140.